The summed E-state index contributed by atoms with van der Waals surface area (Å²) in [7, 11) is 0. The number of carbonyl (C=O) groups is 1. The Kier molecular flexibility index (Phi) is 7.27. The summed E-state index contributed by atoms with van der Waals surface area (Å²) in [6, 6.07) is 13.6. The maximum absolute atomic E-state index is 11.4. The predicted molar refractivity (Wildman–Crippen MR) is 99.5 cm³/mol. The maximum atomic E-state index is 11.4. The molecule has 0 saturated heterocycles. The molecular weight excluding hydrogens is 326 g/mol. The van der Waals surface area contributed by atoms with Crippen LogP contribution in [0.5, 0.6) is 0 Å². The summed E-state index contributed by atoms with van der Waals surface area (Å²) in [6.45, 7) is 5.43. The third-order valence-electron chi connectivity index (χ3n) is 3.26. The zero-order valence-electron chi connectivity index (χ0n) is 13.9. The van der Waals surface area contributed by atoms with E-state index in [4.69, 9.17) is 10.6 Å². The first-order chi connectivity index (χ1) is 11.0. The molecule has 1 atom stereocenters. The van der Waals surface area contributed by atoms with Gasteiger partial charge in [-0.1, -0.05) is 41.5 Å². The summed E-state index contributed by atoms with van der Waals surface area (Å²) in [5.41, 5.74) is 4.88. The zero-order chi connectivity index (χ0) is 16.8. The van der Waals surface area contributed by atoms with Crippen molar-refractivity contribution >= 4 is 30.3 Å². The topological polar surface area (TPSA) is 76.7 Å². The van der Waals surface area contributed by atoms with Crippen LogP contribution in [0.15, 0.2) is 47.6 Å². The fraction of sp³-hybridized carbons (Fsp3) is 0.222. The summed E-state index contributed by atoms with van der Waals surface area (Å²) in [5, 5.41) is 6.72. The number of hydrogen-bond donors (Lipinski definition) is 2. The smallest absolute Gasteiger partial charge is 0.304 e. The summed E-state index contributed by atoms with van der Waals surface area (Å²) < 4.78 is 5.43. The van der Waals surface area contributed by atoms with Gasteiger partial charge in [-0.05, 0) is 31.5 Å². The van der Waals surface area contributed by atoms with Gasteiger partial charge in [0.2, 0.25) is 0 Å². The molecule has 0 aliphatic rings. The second-order valence-corrected chi connectivity index (χ2v) is 5.46. The molecule has 0 fully saturated rings. The van der Waals surface area contributed by atoms with Gasteiger partial charge in [0.15, 0.2) is 6.23 Å². The number of anilines is 1. The van der Waals surface area contributed by atoms with Gasteiger partial charge in [0.25, 0.3) is 0 Å². The van der Waals surface area contributed by atoms with Crippen LogP contribution in [0.3, 0.4) is 0 Å². The number of carbonyl (C=O) groups excluding carboxylic acids is 1. The van der Waals surface area contributed by atoms with Crippen LogP contribution in [-0.2, 0) is 9.53 Å². The Morgan fingerprint density at radius 3 is 2.25 bits per heavy atom. The van der Waals surface area contributed by atoms with Crippen LogP contribution in [-0.4, -0.2) is 12.2 Å². The number of benzene rings is 2. The van der Waals surface area contributed by atoms with E-state index in [2.05, 4.69) is 16.5 Å². The number of ether oxygens (including phenoxy) is 1. The van der Waals surface area contributed by atoms with Crippen molar-refractivity contribution < 1.29 is 9.53 Å². The van der Waals surface area contributed by atoms with Crippen molar-refractivity contribution in [3.8, 4) is 0 Å². The monoisotopic (exact) mass is 347 g/mol. The average molecular weight is 348 g/mol. The van der Waals surface area contributed by atoms with Gasteiger partial charge in [0.05, 0.1) is 6.21 Å². The summed E-state index contributed by atoms with van der Waals surface area (Å²) in [4.78, 5) is 11.4. The molecule has 0 saturated carbocycles. The number of nitrogens with zero attached hydrogens (tertiary/aromatic N) is 1. The van der Waals surface area contributed by atoms with E-state index in [1.165, 1.54) is 6.92 Å². The van der Waals surface area contributed by atoms with E-state index < -0.39 is 6.23 Å². The molecule has 2 aromatic rings. The van der Waals surface area contributed by atoms with E-state index in [9.17, 15) is 4.79 Å². The highest BCUT2D eigenvalue weighted by Crippen LogP contribution is 2.23. The molecule has 0 spiro atoms. The van der Waals surface area contributed by atoms with Crippen LogP contribution >= 0.6 is 12.4 Å². The first-order valence-electron chi connectivity index (χ1n) is 7.33. The number of halogens is 1. The van der Waals surface area contributed by atoms with Crippen LogP contribution in [0.25, 0.3) is 0 Å². The molecular formula is C18H22ClN3O2. The Labute approximate surface area is 148 Å². The molecule has 2 aromatic carbocycles. The summed E-state index contributed by atoms with van der Waals surface area (Å²) in [6.07, 6.45) is 1.03. The third-order valence-corrected chi connectivity index (χ3v) is 3.26. The number of aryl methyl sites for hydroxylation is 2. The van der Waals surface area contributed by atoms with Gasteiger partial charge < -0.3 is 15.9 Å². The van der Waals surface area contributed by atoms with E-state index >= 15 is 0 Å². The minimum Gasteiger partial charge on any atom is -0.438 e. The quantitative estimate of drug-likeness (QED) is 0.284. The van der Waals surface area contributed by atoms with E-state index in [-0.39, 0.29) is 18.4 Å². The molecule has 0 bridgehead atoms. The molecule has 0 aliphatic carbocycles. The van der Waals surface area contributed by atoms with Gasteiger partial charge in [-0.25, -0.2) is 0 Å². The van der Waals surface area contributed by atoms with Gasteiger partial charge in [0, 0.05) is 18.2 Å². The molecule has 24 heavy (non-hydrogen) atoms. The molecule has 5 nitrogen and oxygen atoms in total. The number of rotatable bonds is 5. The number of nitrogens with one attached hydrogen (secondary N) is 1. The lowest BCUT2D eigenvalue weighted by Gasteiger charge is -2.21. The van der Waals surface area contributed by atoms with Crippen LogP contribution in [0.1, 0.15) is 35.4 Å². The molecule has 2 rings (SSSR count). The highest BCUT2D eigenvalue weighted by Gasteiger charge is 2.15. The lowest BCUT2D eigenvalue weighted by Crippen LogP contribution is -2.17. The largest absolute Gasteiger partial charge is 0.438 e. The van der Waals surface area contributed by atoms with Crippen molar-refractivity contribution in [3.63, 3.8) is 0 Å². The van der Waals surface area contributed by atoms with E-state index in [0.29, 0.717) is 0 Å². The molecule has 6 heteroatoms. The van der Waals surface area contributed by atoms with Crippen molar-refractivity contribution in [1.29, 1.82) is 0 Å². The van der Waals surface area contributed by atoms with Gasteiger partial charge in [-0.3, -0.25) is 4.79 Å². The lowest BCUT2D eigenvalue weighted by atomic mass is 10.1. The average Bonchev–Trinajstić information content (AvgIpc) is 2.47. The van der Waals surface area contributed by atoms with Crippen LogP contribution < -0.4 is 11.2 Å². The molecule has 3 N–H and O–H groups in total. The molecule has 0 aromatic heterocycles. The Morgan fingerprint density at radius 1 is 1.17 bits per heavy atom. The molecule has 0 amide bonds. The SMILES string of the molecule is CC(=O)OC(Nc1ccc(C=NN)cc1)c1cc(C)cc(C)c1.Cl. The first-order valence-corrected chi connectivity index (χ1v) is 7.33. The van der Waals surface area contributed by atoms with Crippen LogP contribution in [0.4, 0.5) is 5.69 Å². The second kappa shape index (κ2) is 8.93. The van der Waals surface area contributed by atoms with Crippen molar-refractivity contribution in [3.05, 3.63) is 64.7 Å². The number of esters is 1. The van der Waals surface area contributed by atoms with Gasteiger partial charge in [-0.15, -0.1) is 12.4 Å². The maximum Gasteiger partial charge on any atom is 0.304 e. The molecule has 0 heterocycles. The molecule has 1 unspecified atom stereocenters. The lowest BCUT2D eigenvalue weighted by molar-refractivity contribution is -0.145. The standard InChI is InChI=1S/C18H21N3O2.ClH/c1-12-8-13(2)10-16(9-12)18(23-14(3)22)21-17-6-4-15(5-7-17)11-20-19;/h4-11,18,21H,19H2,1-3H3;1H. The summed E-state index contributed by atoms with van der Waals surface area (Å²) >= 11 is 0. The highest BCUT2D eigenvalue weighted by atomic mass is 35.5. The number of nitrogens with two attached hydrogens (primary N) is 1. The zero-order valence-corrected chi connectivity index (χ0v) is 14.8. The summed E-state index contributed by atoms with van der Waals surface area (Å²) in [5.74, 6) is 4.80. The van der Waals surface area contributed by atoms with Crippen molar-refractivity contribution in [1.82, 2.24) is 0 Å². The van der Waals surface area contributed by atoms with E-state index in [1.54, 1.807) is 6.21 Å². The third kappa shape index (κ3) is 5.59. The molecule has 0 aliphatic heterocycles. The van der Waals surface area contributed by atoms with Gasteiger partial charge >= 0.3 is 5.97 Å². The van der Waals surface area contributed by atoms with E-state index in [1.807, 2.05) is 50.2 Å². The fourth-order valence-corrected chi connectivity index (χ4v) is 2.41. The molecule has 0 radical (unpaired) electrons. The molecule has 128 valence electrons. The van der Waals surface area contributed by atoms with Crippen molar-refractivity contribution in [2.75, 3.05) is 5.32 Å². The highest BCUT2D eigenvalue weighted by molar-refractivity contribution is 5.85. The Morgan fingerprint density at radius 2 is 1.75 bits per heavy atom. The second-order valence-electron chi connectivity index (χ2n) is 5.46. The first kappa shape index (κ1) is 19.5. The Balaban J connectivity index is 0.00000288. The van der Waals surface area contributed by atoms with Gasteiger partial charge in [0.1, 0.15) is 0 Å². The van der Waals surface area contributed by atoms with Crippen LogP contribution in [0.2, 0.25) is 0 Å². The number of hydrazone groups is 1. The van der Waals surface area contributed by atoms with Crippen molar-refractivity contribution in [2.24, 2.45) is 10.9 Å². The predicted octanol–water partition coefficient (Wildman–Crippen LogP) is 3.69. The fourth-order valence-electron chi connectivity index (χ4n) is 2.41. The number of hydrogen-bond acceptors (Lipinski definition) is 5. The Bertz CT molecular complexity index is 694. The normalized spacial score (nSPS) is 11.6. The minimum atomic E-state index is -0.542. The van der Waals surface area contributed by atoms with Crippen LogP contribution in [0, 0.1) is 13.8 Å². The Hall–Kier alpha value is -2.53. The minimum absolute atomic E-state index is 0. The van der Waals surface area contributed by atoms with E-state index in [0.717, 1.165) is 27.9 Å². The van der Waals surface area contributed by atoms with Crippen molar-refractivity contribution in [2.45, 2.75) is 27.0 Å². The van der Waals surface area contributed by atoms with Gasteiger partial charge in [-0.2, -0.15) is 5.10 Å².